The minimum absolute atomic E-state index is 0.129. The maximum Gasteiger partial charge on any atom is 0.273 e. The van der Waals surface area contributed by atoms with Crippen molar-refractivity contribution in [2.24, 2.45) is 5.92 Å². The van der Waals surface area contributed by atoms with Gasteiger partial charge in [-0.3, -0.25) is 4.79 Å². The zero-order valence-corrected chi connectivity index (χ0v) is 14.9. The number of carbonyl (C=O) groups is 1. The summed E-state index contributed by atoms with van der Waals surface area (Å²) in [5, 5.41) is 10.1. The molecule has 8 heteroatoms. The van der Waals surface area contributed by atoms with Crippen LogP contribution in [0.25, 0.3) is 11.3 Å². The molecule has 0 atom stereocenters. The summed E-state index contributed by atoms with van der Waals surface area (Å²) in [4.78, 5) is 16.1. The fourth-order valence-corrected chi connectivity index (χ4v) is 2.15. The number of benzene rings is 1. The van der Waals surface area contributed by atoms with Gasteiger partial charge >= 0.3 is 0 Å². The van der Waals surface area contributed by atoms with Crippen LogP contribution in [0, 0.1) is 12.8 Å². The Hall–Kier alpha value is -3.16. The molecule has 2 aromatic heterocycles. The number of hydrogen-bond acceptors (Lipinski definition) is 7. The van der Waals surface area contributed by atoms with Crippen LogP contribution in [0.5, 0.6) is 5.75 Å². The third-order valence-corrected chi connectivity index (χ3v) is 3.43. The van der Waals surface area contributed by atoms with E-state index in [1.165, 1.54) is 0 Å². The summed E-state index contributed by atoms with van der Waals surface area (Å²) < 4.78 is 15.8. The number of nitrogens with one attached hydrogen (secondary N) is 1. The Balaban J connectivity index is 1.60. The molecule has 0 aliphatic heterocycles. The normalized spacial score (nSPS) is 10.9. The van der Waals surface area contributed by atoms with Crippen molar-refractivity contribution in [1.82, 2.24) is 20.6 Å². The van der Waals surface area contributed by atoms with E-state index in [2.05, 4.69) is 34.5 Å². The van der Waals surface area contributed by atoms with Crippen molar-refractivity contribution in [1.29, 1.82) is 0 Å². The first-order chi connectivity index (χ1) is 12.5. The van der Waals surface area contributed by atoms with Crippen molar-refractivity contribution in [3.05, 3.63) is 47.7 Å². The third kappa shape index (κ3) is 4.47. The average Bonchev–Trinajstić information content (AvgIpc) is 3.27. The molecule has 0 aliphatic carbocycles. The fourth-order valence-electron chi connectivity index (χ4n) is 2.15. The lowest BCUT2D eigenvalue weighted by molar-refractivity contribution is 0.0937. The predicted molar refractivity (Wildman–Crippen MR) is 92.5 cm³/mol. The Morgan fingerprint density at radius 2 is 1.96 bits per heavy atom. The van der Waals surface area contributed by atoms with Gasteiger partial charge in [0.25, 0.3) is 5.91 Å². The third-order valence-electron chi connectivity index (χ3n) is 3.43. The summed E-state index contributed by atoms with van der Waals surface area (Å²) in [7, 11) is 0. The highest BCUT2D eigenvalue weighted by Crippen LogP contribution is 2.23. The highest BCUT2D eigenvalue weighted by molar-refractivity contribution is 5.92. The number of hydrogen-bond donors (Lipinski definition) is 1. The largest absolute Gasteiger partial charge is 0.493 e. The summed E-state index contributed by atoms with van der Waals surface area (Å²) in [5.41, 5.74) is 0.984. The van der Waals surface area contributed by atoms with E-state index in [0.717, 1.165) is 11.3 Å². The zero-order chi connectivity index (χ0) is 18.5. The van der Waals surface area contributed by atoms with Crippen LogP contribution in [0.1, 0.15) is 36.1 Å². The molecule has 0 aliphatic rings. The van der Waals surface area contributed by atoms with Crippen molar-refractivity contribution in [2.45, 2.75) is 27.3 Å². The molecule has 0 bridgehead atoms. The predicted octanol–water partition coefficient (Wildman–Crippen LogP) is 3.00. The molecule has 8 nitrogen and oxygen atoms in total. The molecule has 3 rings (SSSR count). The first-order valence-corrected chi connectivity index (χ1v) is 8.28. The van der Waals surface area contributed by atoms with E-state index < -0.39 is 0 Å². The van der Waals surface area contributed by atoms with Crippen LogP contribution in [0.15, 0.2) is 39.4 Å². The molecule has 0 saturated carbocycles. The van der Waals surface area contributed by atoms with Crippen molar-refractivity contribution < 1.29 is 18.6 Å². The standard InChI is InChI=1S/C18H20N4O4/c1-11(2)10-24-14-6-4-13(5-7-14)16-8-15(22-25-16)18(23)19-9-17-20-12(3)21-26-17/h4-8,11H,9-10H2,1-3H3,(H,19,23). The van der Waals surface area contributed by atoms with E-state index in [0.29, 0.717) is 30.0 Å². The van der Waals surface area contributed by atoms with Crippen molar-refractivity contribution in [3.8, 4) is 17.1 Å². The SMILES string of the molecule is Cc1noc(CNC(=O)c2cc(-c3ccc(OCC(C)C)cc3)on2)n1. The van der Waals surface area contributed by atoms with Gasteiger partial charge in [-0.2, -0.15) is 4.98 Å². The topological polar surface area (TPSA) is 103 Å². The minimum Gasteiger partial charge on any atom is -0.493 e. The highest BCUT2D eigenvalue weighted by Gasteiger charge is 2.15. The van der Waals surface area contributed by atoms with Crippen LogP contribution in [-0.2, 0) is 6.54 Å². The van der Waals surface area contributed by atoms with Gasteiger partial charge in [0.2, 0.25) is 5.89 Å². The zero-order valence-electron chi connectivity index (χ0n) is 14.9. The highest BCUT2D eigenvalue weighted by atomic mass is 16.5. The average molecular weight is 356 g/mol. The molecular formula is C18H20N4O4. The Morgan fingerprint density at radius 3 is 2.62 bits per heavy atom. The van der Waals surface area contributed by atoms with E-state index in [-0.39, 0.29) is 18.1 Å². The van der Waals surface area contributed by atoms with E-state index in [9.17, 15) is 4.79 Å². The monoisotopic (exact) mass is 356 g/mol. The molecule has 0 saturated heterocycles. The lowest BCUT2D eigenvalue weighted by Gasteiger charge is -2.08. The first kappa shape index (κ1) is 17.7. The van der Waals surface area contributed by atoms with Gasteiger partial charge < -0.3 is 19.1 Å². The Morgan fingerprint density at radius 1 is 1.19 bits per heavy atom. The molecular weight excluding hydrogens is 336 g/mol. The van der Waals surface area contributed by atoms with Gasteiger partial charge in [0.15, 0.2) is 17.3 Å². The smallest absolute Gasteiger partial charge is 0.273 e. The van der Waals surface area contributed by atoms with Gasteiger partial charge in [0, 0.05) is 11.6 Å². The van der Waals surface area contributed by atoms with Crippen LogP contribution in [0.4, 0.5) is 0 Å². The summed E-state index contributed by atoms with van der Waals surface area (Å²) in [5.74, 6) is 2.21. The van der Waals surface area contributed by atoms with E-state index in [1.54, 1.807) is 13.0 Å². The van der Waals surface area contributed by atoms with Gasteiger partial charge in [0.1, 0.15) is 5.75 Å². The number of ether oxygens (including phenoxy) is 1. The number of aromatic nitrogens is 3. The van der Waals surface area contributed by atoms with E-state index in [1.807, 2.05) is 24.3 Å². The minimum atomic E-state index is -0.382. The molecule has 0 spiro atoms. The molecule has 1 amide bonds. The number of carbonyl (C=O) groups excluding carboxylic acids is 1. The second-order valence-electron chi connectivity index (χ2n) is 6.22. The van der Waals surface area contributed by atoms with Gasteiger partial charge in [-0.1, -0.05) is 24.2 Å². The van der Waals surface area contributed by atoms with Gasteiger partial charge in [-0.15, -0.1) is 0 Å². The quantitative estimate of drug-likeness (QED) is 0.694. The Labute approximate surface area is 150 Å². The molecule has 0 fully saturated rings. The summed E-state index contributed by atoms with van der Waals surface area (Å²) in [6, 6.07) is 9.02. The summed E-state index contributed by atoms with van der Waals surface area (Å²) >= 11 is 0. The number of rotatable bonds is 7. The van der Waals surface area contributed by atoms with E-state index in [4.69, 9.17) is 13.8 Å². The fraction of sp³-hybridized carbons (Fsp3) is 0.333. The van der Waals surface area contributed by atoms with Gasteiger partial charge in [-0.25, -0.2) is 0 Å². The molecule has 1 aromatic carbocycles. The van der Waals surface area contributed by atoms with Crippen LogP contribution in [0.3, 0.4) is 0 Å². The molecule has 136 valence electrons. The van der Waals surface area contributed by atoms with Crippen molar-refractivity contribution in [2.75, 3.05) is 6.61 Å². The molecule has 1 N–H and O–H groups in total. The Kier molecular flexibility index (Phi) is 5.31. The summed E-state index contributed by atoms with van der Waals surface area (Å²) in [6.45, 7) is 6.68. The van der Waals surface area contributed by atoms with Crippen LogP contribution >= 0.6 is 0 Å². The first-order valence-electron chi connectivity index (χ1n) is 8.28. The second-order valence-corrected chi connectivity index (χ2v) is 6.22. The second kappa shape index (κ2) is 7.81. The van der Waals surface area contributed by atoms with Gasteiger partial charge in [-0.05, 0) is 37.1 Å². The summed E-state index contributed by atoms with van der Waals surface area (Å²) in [6.07, 6.45) is 0. The van der Waals surface area contributed by atoms with Crippen molar-refractivity contribution >= 4 is 5.91 Å². The number of aryl methyl sites for hydroxylation is 1. The lowest BCUT2D eigenvalue weighted by Crippen LogP contribution is -2.23. The van der Waals surface area contributed by atoms with Gasteiger partial charge in [0.05, 0.1) is 13.2 Å². The molecule has 0 unspecified atom stereocenters. The van der Waals surface area contributed by atoms with Crippen molar-refractivity contribution in [3.63, 3.8) is 0 Å². The van der Waals surface area contributed by atoms with Crippen LogP contribution in [-0.4, -0.2) is 27.8 Å². The number of nitrogens with zero attached hydrogens (tertiary/aromatic N) is 3. The molecule has 26 heavy (non-hydrogen) atoms. The van der Waals surface area contributed by atoms with E-state index >= 15 is 0 Å². The maximum atomic E-state index is 12.1. The maximum absolute atomic E-state index is 12.1. The van der Waals surface area contributed by atoms with Crippen LogP contribution in [0.2, 0.25) is 0 Å². The Bertz CT molecular complexity index is 867. The van der Waals surface area contributed by atoms with Crippen LogP contribution < -0.4 is 10.1 Å². The lowest BCUT2D eigenvalue weighted by atomic mass is 10.1. The number of amides is 1. The molecule has 2 heterocycles. The molecule has 3 aromatic rings. The molecule has 0 radical (unpaired) electrons.